The summed E-state index contributed by atoms with van der Waals surface area (Å²) in [5.41, 5.74) is 0.517. The average Bonchev–Trinajstić information content (AvgIpc) is 3.18. The van der Waals surface area contributed by atoms with E-state index in [0.29, 0.717) is 35.0 Å². The zero-order valence-electron chi connectivity index (χ0n) is 21.2. The summed E-state index contributed by atoms with van der Waals surface area (Å²) in [6.07, 6.45) is 0.216. The first-order valence-electron chi connectivity index (χ1n) is 11.4. The van der Waals surface area contributed by atoms with Crippen LogP contribution in [0.25, 0.3) is 11.4 Å². The minimum atomic E-state index is -0.964. The molecule has 0 aromatic carbocycles. The summed E-state index contributed by atoms with van der Waals surface area (Å²) in [5, 5.41) is 2.89. The Hall–Kier alpha value is -3.47. The molecule has 1 aliphatic heterocycles. The summed E-state index contributed by atoms with van der Waals surface area (Å²) >= 11 is 0. The number of aromatic amines is 1. The summed E-state index contributed by atoms with van der Waals surface area (Å²) in [6.45, 7) is 11.2. The van der Waals surface area contributed by atoms with Gasteiger partial charge in [-0.05, 0) is 60.1 Å². The molecule has 0 aliphatic carbocycles. The molecule has 3 amide bonds. The average molecular weight is 488 g/mol. The smallest absolute Gasteiger partial charge is 0.427 e. The lowest BCUT2D eigenvalue weighted by Crippen LogP contribution is -2.44. The highest BCUT2D eigenvalue weighted by Crippen LogP contribution is 2.31. The van der Waals surface area contributed by atoms with Crippen molar-refractivity contribution in [1.29, 1.82) is 0 Å². The molecule has 3 rings (SSSR count). The van der Waals surface area contributed by atoms with Crippen molar-refractivity contribution < 1.29 is 28.6 Å². The molecule has 0 radical (unpaired) electrons. The Kier molecular flexibility index (Phi) is 7.49. The van der Waals surface area contributed by atoms with Gasteiger partial charge in [-0.1, -0.05) is 0 Å². The molecule has 0 spiro atoms. The van der Waals surface area contributed by atoms with Gasteiger partial charge in [-0.3, -0.25) is 4.79 Å². The SMILES string of the molecule is COCCC1CNC(=O)c2cc(-c3ccnc(N(C(=O)OC(C)(C)C)C(=O)OC(C)(C)C)n3)[nH]c21. The molecule has 11 heteroatoms. The number of amides is 3. The van der Waals surface area contributed by atoms with E-state index in [2.05, 4.69) is 20.3 Å². The number of carbonyl (C=O) groups is 3. The van der Waals surface area contributed by atoms with Gasteiger partial charge in [-0.15, -0.1) is 4.90 Å². The lowest BCUT2D eigenvalue weighted by molar-refractivity contribution is 0.0427. The number of H-pyrrole nitrogens is 1. The number of anilines is 1. The number of imide groups is 1. The van der Waals surface area contributed by atoms with Crippen molar-refractivity contribution in [2.45, 2.75) is 65.1 Å². The second-order valence-corrected chi connectivity index (χ2v) is 10.2. The molecular weight excluding hydrogens is 454 g/mol. The number of ether oxygens (including phenoxy) is 3. The second kappa shape index (κ2) is 10.0. The van der Waals surface area contributed by atoms with Gasteiger partial charge in [0.05, 0.1) is 17.0 Å². The van der Waals surface area contributed by atoms with Gasteiger partial charge in [0.2, 0.25) is 5.95 Å². The number of fused-ring (bicyclic) bond motifs is 1. The standard InChI is InChI=1S/C24H33N5O6/c1-23(2,3)34-21(31)29(22(32)35-24(4,5)6)20-25-10-8-16(28-20)17-12-15-18(27-17)14(9-11-33-7)13-26-19(15)30/h8,10,12,14,27H,9,11,13H2,1-7H3,(H,26,30). The van der Waals surface area contributed by atoms with Crippen molar-refractivity contribution in [2.75, 3.05) is 25.2 Å². The predicted molar refractivity (Wildman–Crippen MR) is 128 cm³/mol. The Bertz CT molecular complexity index is 1070. The van der Waals surface area contributed by atoms with E-state index >= 15 is 0 Å². The third-order valence-corrected chi connectivity index (χ3v) is 4.95. The maximum Gasteiger partial charge on any atom is 0.427 e. The number of nitrogens with zero attached hydrogens (tertiary/aromatic N) is 3. The van der Waals surface area contributed by atoms with Crippen LogP contribution in [0, 0.1) is 0 Å². The first-order chi connectivity index (χ1) is 16.3. The minimum absolute atomic E-state index is 0.0535. The molecule has 190 valence electrons. The van der Waals surface area contributed by atoms with Crippen molar-refractivity contribution in [3.63, 3.8) is 0 Å². The molecular formula is C24H33N5O6. The molecule has 0 fully saturated rings. The van der Waals surface area contributed by atoms with Gasteiger partial charge in [0.25, 0.3) is 5.91 Å². The monoisotopic (exact) mass is 487 g/mol. The van der Waals surface area contributed by atoms with E-state index in [1.807, 2.05) is 0 Å². The summed E-state index contributed by atoms with van der Waals surface area (Å²) in [7, 11) is 1.63. The minimum Gasteiger partial charge on any atom is -0.443 e. The Morgan fingerprint density at radius 3 is 2.31 bits per heavy atom. The molecule has 1 unspecified atom stereocenters. The first kappa shape index (κ1) is 26.1. The summed E-state index contributed by atoms with van der Waals surface area (Å²) in [6, 6.07) is 3.31. The summed E-state index contributed by atoms with van der Waals surface area (Å²) < 4.78 is 16.0. The molecule has 2 aromatic heterocycles. The van der Waals surface area contributed by atoms with E-state index in [1.165, 1.54) is 6.20 Å². The Balaban J connectivity index is 1.99. The number of methoxy groups -OCH3 is 1. The third-order valence-electron chi connectivity index (χ3n) is 4.95. The van der Waals surface area contributed by atoms with Crippen molar-refractivity contribution in [1.82, 2.24) is 20.3 Å². The second-order valence-electron chi connectivity index (χ2n) is 10.2. The highest BCUT2D eigenvalue weighted by Gasteiger charge is 2.35. The van der Waals surface area contributed by atoms with E-state index in [9.17, 15) is 14.4 Å². The van der Waals surface area contributed by atoms with E-state index in [4.69, 9.17) is 14.2 Å². The molecule has 1 aliphatic rings. The van der Waals surface area contributed by atoms with Crippen molar-refractivity contribution in [3.05, 3.63) is 29.6 Å². The highest BCUT2D eigenvalue weighted by molar-refractivity contribution is 6.08. The maximum atomic E-state index is 12.9. The van der Waals surface area contributed by atoms with Crippen molar-refractivity contribution in [2.24, 2.45) is 0 Å². The molecule has 0 saturated carbocycles. The van der Waals surface area contributed by atoms with Gasteiger partial charge in [-0.25, -0.2) is 19.6 Å². The number of carbonyl (C=O) groups excluding carboxylic acids is 3. The molecule has 3 heterocycles. The van der Waals surface area contributed by atoms with Crippen LogP contribution in [0.4, 0.5) is 15.5 Å². The van der Waals surface area contributed by atoms with Gasteiger partial charge in [0.1, 0.15) is 11.2 Å². The molecule has 2 aromatic rings. The van der Waals surface area contributed by atoms with Crippen LogP contribution in [0.2, 0.25) is 0 Å². The predicted octanol–water partition coefficient (Wildman–Crippen LogP) is 4.01. The topological polar surface area (TPSA) is 136 Å². The largest absolute Gasteiger partial charge is 0.443 e. The maximum absolute atomic E-state index is 12.9. The van der Waals surface area contributed by atoms with E-state index < -0.39 is 23.4 Å². The van der Waals surface area contributed by atoms with Gasteiger partial charge in [0.15, 0.2) is 0 Å². The molecule has 35 heavy (non-hydrogen) atoms. The van der Waals surface area contributed by atoms with Crippen LogP contribution in [0.1, 0.15) is 69.9 Å². The van der Waals surface area contributed by atoms with Crippen LogP contribution in [-0.4, -0.2) is 64.5 Å². The van der Waals surface area contributed by atoms with Crippen LogP contribution in [0.15, 0.2) is 18.3 Å². The zero-order valence-corrected chi connectivity index (χ0v) is 21.2. The summed E-state index contributed by atoms with van der Waals surface area (Å²) in [4.78, 5) is 50.8. The number of hydrogen-bond acceptors (Lipinski definition) is 8. The van der Waals surface area contributed by atoms with Gasteiger partial charge in [0, 0.05) is 38.1 Å². The number of nitrogens with one attached hydrogen (secondary N) is 2. The molecule has 0 bridgehead atoms. The quantitative estimate of drug-likeness (QED) is 0.646. The lowest BCUT2D eigenvalue weighted by atomic mass is 9.95. The fourth-order valence-corrected chi connectivity index (χ4v) is 3.50. The molecule has 11 nitrogen and oxygen atoms in total. The zero-order chi connectivity index (χ0) is 26.0. The van der Waals surface area contributed by atoms with Gasteiger partial charge in [-0.2, -0.15) is 0 Å². The van der Waals surface area contributed by atoms with E-state index in [1.54, 1.807) is 60.8 Å². The van der Waals surface area contributed by atoms with Crippen LogP contribution < -0.4 is 10.2 Å². The van der Waals surface area contributed by atoms with E-state index in [-0.39, 0.29) is 17.8 Å². The number of rotatable bonds is 5. The molecule has 2 N–H and O–H groups in total. The summed E-state index contributed by atoms with van der Waals surface area (Å²) in [5.74, 6) is -0.341. The third kappa shape index (κ3) is 6.56. The Morgan fingerprint density at radius 1 is 1.11 bits per heavy atom. The fourth-order valence-electron chi connectivity index (χ4n) is 3.50. The van der Waals surface area contributed by atoms with Gasteiger partial charge >= 0.3 is 12.2 Å². The highest BCUT2D eigenvalue weighted by atomic mass is 16.6. The first-order valence-corrected chi connectivity index (χ1v) is 11.4. The van der Waals surface area contributed by atoms with Crippen LogP contribution in [0.5, 0.6) is 0 Å². The Labute approximate surface area is 204 Å². The lowest BCUT2D eigenvalue weighted by Gasteiger charge is -2.27. The van der Waals surface area contributed by atoms with Gasteiger partial charge < -0.3 is 24.5 Å². The number of aromatic nitrogens is 3. The number of hydrogen-bond donors (Lipinski definition) is 2. The normalized spacial score (nSPS) is 15.7. The van der Waals surface area contributed by atoms with Crippen molar-refractivity contribution >= 4 is 24.0 Å². The van der Waals surface area contributed by atoms with Crippen LogP contribution >= 0.6 is 0 Å². The van der Waals surface area contributed by atoms with Crippen LogP contribution in [0.3, 0.4) is 0 Å². The Morgan fingerprint density at radius 2 is 1.74 bits per heavy atom. The fraction of sp³-hybridized carbons (Fsp3) is 0.542. The van der Waals surface area contributed by atoms with Crippen LogP contribution in [-0.2, 0) is 14.2 Å². The molecule has 0 saturated heterocycles. The van der Waals surface area contributed by atoms with E-state index in [0.717, 1.165) is 12.1 Å². The van der Waals surface area contributed by atoms with Crippen molar-refractivity contribution in [3.8, 4) is 11.4 Å². The molecule has 1 atom stereocenters.